The van der Waals surface area contributed by atoms with E-state index in [9.17, 15) is 0 Å². The first-order valence-electron chi connectivity index (χ1n) is 3.98. The second-order valence-corrected chi connectivity index (χ2v) is 2.93. The topological polar surface area (TPSA) is 35.8 Å². The minimum Gasteiger partial charge on any atom is -0.301 e. The summed E-state index contributed by atoms with van der Waals surface area (Å²) in [6, 6.07) is 2.76. The van der Waals surface area contributed by atoms with E-state index in [1.54, 1.807) is 0 Å². The number of nitrogens with one attached hydrogen (secondary N) is 1. The predicted octanol–water partition coefficient (Wildman–Crippen LogP) is 1.29. The largest absolute Gasteiger partial charge is 0.301 e. The Kier molecular flexibility index (Phi) is 2.70. The van der Waals surface area contributed by atoms with Crippen LogP contribution in [0.2, 0.25) is 0 Å². The summed E-state index contributed by atoms with van der Waals surface area (Å²) in [6.45, 7) is 2.73. The van der Waals surface area contributed by atoms with E-state index in [1.807, 2.05) is 0 Å². The van der Waals surface area contributed by atoms with Gasteiger partial charge in [0, 0.05) is 6.04 Å². The van der Waals surface area contributed by atoms with Crippen molar-refractivity contribution >= 4 is 0 Å². The van der Waals surface area contributed by atoms with Crippen molar-refractivity contribution in [2.24, 2.45) is 5.92 Å². The second-order valence-electron chi connectivity index (χ2n) is 2.93. The molecule has 0 saturated heterocycles. The highest BCUT2D eigenvalue weighted by molar-refractivity contribution is 4.94. The minimum atomic E-state index is 0.519. The van der Waals surface area contributed by atoms with E-state index in [0.717, 1.165) is 5.92 Å². The predicted molar refractivity (Wildman–Crippen MR) is 40.4 cm³/mol. The zero-order valence-electron chi connectivity index (χ0n) is 6.43. The van der Waals surface area contributed by atoms with Gasteiger partial charge in [0.25, 0.3) is 0 Å². The highest BCUT2D eigenvalue weighted by atomic mass is 15.0. The Bertz CT molecular complexity index is 137. The Morgan fingerprint density at radius 1 is 1.70 bits per heavy atom. The molecule has 1 aliphatic carbocycles. The summed E-state index contributed by atoms with van der Waals surface area (Å²) in [7, 11) is 0. The fourth-order valence-corrected chi connectivity index (χ4v) is 1.36. The van der Waals surface area contributed by atoms with Gasteiger partial charge in [0.1, 0.15) is 0 Å². The molecule has 0 aromatic carbocycles. The van der Waals surface area contributed by atoms with Gasteiger partial charge in [0.15, 0.2) is 0 Å². The molecule has 1 N–H and O–H groups in total. The number of rotatable bonds is 4. The van der Waals surface area contributed by atoms with E-state index < -0.39 is 0 Å². The summed E-state index contributed by atoms with van der Waals surface area (Å²) in [5.74, 6) is 0.873. The molecule has 0 bridgehead atoms. The lowest BCUT2D eigenvalue weighted by Gasteiger charge is -1.95. The summed E-state index contributed by atoms with van der Waals surface area (Å²) in [5, 5.41) is 11.4. The Labute approximate surface area is 62.2 Å². The smallest absolute Gasteiger partial charge is 0.0843 e. The maximum Gasteiger partial charge on any atom is 0.0843 e. The van der Waals surface area contributed by atoms with Gasteiger partial charge < -0.3 is 5.32 Å². The highest BCUT2D eigenvalue weighted by Crippen LogP contribution is 2.34. The lowest BCUT2D eigenvalue weighted by molar-refractivity contribution is 0.627. The molecule has 1 fully saturated rings. The first-order valence-corrected chi connectivity index (χ1v) is 3.98. The molecule has 0 aliphatic heterocycles. The SMILES string of the molecule is CCCC1CC1NCC#N. The van der Waals surface area contributed by atoms with Crippen LogP contribution in [0, 0.1) is 17.2 Å². The zero-order chi connectivity index (χ0) is 7.40. The van der Waals surface area contributed by atoms with Crippen LogP contribution >= 0.6 is 0 Å². The third-order valence-corrected chi connectivity index (χ3v) is 2.03. The maximum absolute atomic E-state index is 8.25. The summed E-state index contributed by atoms with van der Waals surface area (Å²) < 4.78 is 0. The average molecular weight is 138 g/mol. The summed E-state index contributed by atoms with van der Waals surface area (Å²) >= 11 is 0. The van der Waals surface area contributed by atoms with E-state index in [0.29, 0.717) is 12.6 Å². The summed E-state index contributed by atoms with van der Waals surface area (Å²) in [6.07, 6.45) is 3.88. The number of nitriles is 1. The molecule has 0 aromatic heterocycles. The van der Waals surface area contributed by atoms with Gasteiger partial charge in [-0.25, -0.2) is 0 Å². The Hall–Kier alpha value is -0.550. The van der Waals surface area contributed by atoms with Crippen molar-refractivity contribution in [1.29, 1.82) is 5.26 Å². The van der Waals surface area contributed by atoms with Crippen molar-refractivity contribution in [2.45, 2.75) is 32.2 Å². The van der Waals surface area contributed by atoms with Crippen molar-refractivity contribution < 1.29 is 0 Å². The van der Waals surface area contributed by atoms with Crippen molar-refractivity contribution in [1.82, 2.24) is 5.32 Å². The van der Waals surface area contributed by atoms with Crippen LogP contribution in [-0.2, 0) is 0 Å². The molecule has 2 atom stereocenters. The van der Waals surface area contributed by atoms with Crippen LogP contribution in [0.15, 0.2) is 0 Å². The van der Waals surface area contributed by atoms with Crippen molar-refractivity contribution in [3.8, 4) is 6.07 Å². The van der Waals surface area contributed by atoms with E-state index >= 15 is 0 Å². The molecule has 56 valence electrons. The third kappa shape index (κ3) is 2.00. The fourth-order valence-electron chi connectivity index (χ4n) is 1.36. The fraction of sp³-hybridized carbons (Fsp3) is 0.875. The molecule has 0 heterocycles. The first kappa shape index (κ1) is 7.56. The van der Waals surface area contributed by atoms with Crippen LogP contribution in [0.4, 0.5) is 0 Å². The molecule has 10 heavy (non-hydrogen) atoms. The van der Waals surface area contributed by atoms with Gasteiger partial charge in [-0.2, -0.15) is 5.26 Å². The Balaban J connectivity index is 1.98. The van der Waals surface area contributed by atoms with E-state index in [2.05, 4.69) is 18.3 Å². The van der Waals surface area contributed by atoms with Gasteiger partial charge in [-0.05, 0) is 18.8 Å². The van der Waals surface area contributed by atoms with Gasteiger partial charge in [-0.3, -0.25) is 0 Å². The molecule has 1 aliphatic rings. The summed E-state index contributed by atoms with van der Waals surface area (Å²) in [4.78, 5) is 0. The van der Waals surface area contributed by atoms with Gasteiger partial charge >= 0.3 is 0 Å². The highest BCUT2D eigenvalue weighted by Gasteiger charge is 2.34. The van der Waals surface area contributed by atoms with Gasteiger partial charge in [0.05, 0.1) is 12.6 Å². The van der Waals surface area contributed by atoms with E-state index in [1.165, 1.54) is 19.3 Å². The van der Waals surface area contributed by atoms with Crippen LogP contribution in [0.1, 0.15) is 26.2 Å². The van der Waals surface area contributed by atoms with Crippen LogP contribution in [0.3, 0.4) is 0 Å². The molecule has 1 rings (SSSR count). The monoisotopic (exact) mass is 138 g/mol. The molecule has 2 heteroatoms. The van der Waals surface area contributed by atoms with Gasteiger partial charge in [0.2, 0.25) is 0 Å². The van der Waals surface area contributed by atoms with Crippen LogP contribution < -0.4 is 5.32 Å². The van der Waals surface area contributed by atoms with Crippen LogP contribution in [-0.4, -0.2) is 12.6 Å². The minimum absolute atomic E-state index is 0.519. The van der Waals surface area contributed by atoms with E-state index in [-0.39, 0.29) is 0 Å². The number of nitrogens with zero attached hydrogens (tertiary/aromatic N) is 1. The molecule has 0 radical (unpaired) electrons. The Morgan fingerprint density at radius 3 is 3.10 bits per heavy atom. The normalized spacial score (nSPS) is 29.6. The van der Waals surface area contributed by atoms with Crippen molar-refractivity contribution in [3.05, 3.63) is 0 Å². The molecule has 2 nitrogen and oxygen atoms in total. The summed E-state index contributed by atoms with van der Waals surface area (Å²) in [5.41, 5.74) is 0. The van der Waals surface area contributed by atoms with Gasteiger partial charge in [-0.1, -0.05) is 13.3 Å². The van der Waals surface area contributed by atoms with Gasteiger partial charge in [-0.15, -0.1) is 0 Å². The first-order chi connectivity index (χ1) is 4.88. The molecule has 2 unspecified atom stereocenters. The number of hydrogen-bond acceptors (Lipinski definition) is 2. The molecule has 0 spiro atoms. The number of hydrogen-bond donors (Lipinski definition) is 1. The second kappa shape index (κ2) is 3.58. The quantitative estimate of drug-likeness (QED) is 0.594. The molecular weight excluding hydrogens is 124 g/mol. The molecule has 1 saturated carbocycles. The Morgan fingerprint density at radius 2 is 2.50 bits per heavy atom. The van der Waals surface area contributed by atoms with Crippen molar-refractivity contribution in [3.63, 3.8) is 0 Å². The van der Waals surface area contributed by atoms with E-state index in [4.69, 9.17) is 5.26 Å². The van der Waals surface area contributed by atoms with Crippen LogP contribution in [0.25, 0.3) is 0 Å². The lowest BCUT2D eigenvalue weighted by Crippen LogP contribution is -2.17. The third-order valence-electron chi connectivity index (χ3n) is 2.03. The lowest BCUT2D eigenvalue weighted by atomic mass is 10.2. The molecular formula is C8H14N2. The molecule has 0 amide bonds. The molecule has 0 aromatic rings. The standard InChI is InChI=1S/C8H14N2/c1-2-3-7-6-8(7)10-5-4-9/h7-8,10H,2-3,5-6H2,1H3. The zero-order valence-corrected chi connectivity index (χ0v) is 6.43. The van der Waals surface area contributed by atoms with Crippen molar-refractivity contribution in [2.75, 3.05) is 6.54 Å². The maximum atomic E-state index is 8.25. The van der Waals surface area contributed by atoms with Crippen LogP contribution in [0.5, 0.6) is 0 Å². The average Bonchev–Trinajstić information content (AvgIpc) is 2.65.